The Morgan fingerprint density at radius 3 is 2.44 bits per heavy atom. The summed E-state index contributed by atoms with van der Waals surface area (Å²) in [6, 6.07) is 12.7. The summed E-state index contributed by atoms with van der Waals surface area (Å²) in [5, 5.41) is 0. The van der Waals surface area contributed by atoms with Gasteiger partial charge in [-0.25, -0.2) is 8.78 Å². The molecule has 0 N–H and O–H groups in total. The van der Waals surface area contributed by atoms with Crippen LogP contribution in [0.5, 0.6) is 5.75 Å². The summed E-state index contributed by atoms with van der Waals surface area (Å²) < 4.78 is 32.0. The van der Waals surface area contributed by atoms with Crippen LogP contribution in [0, 0.1) is 11.6 Å². The minimum atomic E-state index is -0.476. The standard InChI is InChI=1S/C21H24F2N2O2/c1-15-12-25(21(26)14-27-20-6-4-3-5-19(20)23)16(2)11-24(15)13-17-7-9-18(22)10-8-17/h3-10,15-16H,11-14H2,1-2H3. The molecular formula is C21H24F2N2O2. The van der Waals surface area contributed by atoms with Gasteiger partial charge in [-0.05, 0) is 43.7 Å². The molecule has 2 aromatic rings. The van der Waals surface area contributed by atoms with Gasteiger partial charge in [-0.15, -0.1) is 0 Å². The number of rotatable bonds is 5. The zero-order valence-corrected chi connectivity index (χ0v) is 15.6. The predicted octanol–water partition coefficient (Wildman–Crippen LogP) is 3.47. The van der Waals surface area contributed by atoms with Crippen molar-refractivity contribution in [2.75, 3.05) is 19.7 Å². The first-order valence-corrected chi connectivity index (χ1v) is 9.09. The largest absolute Gasteiger partial charge is 0.481 e. The van der Waals surface area contributed by atoms with E-state index in [0.717, 1.165) is 5.56 Å². The fourth-order valence-corrected chi connectivity index (χ4v) is 3.37. The highest BCUT2D eigenvalue weighted by atomic mass is 19.1. The predicted molar refractivity (Wildman–Crippen MR) is 99.3 cm³/mol. The normalized spacial score (nSPS) is 20.5. The van der Waals surface area contributed by atoms with Crippen molar-refractivity contribution in [3.8, 4) is 5.75 Å². The number of amides is 1. The number of hydrogen-bond donors (Lipinski definition) is 0. The minimum absolute atomic E-state index is 0.0124. The molecule has 0 saturated carbocycles. The first kappa shape index (κ1) is 19.3. The molecule has 1 amide bonds. The van der Waals surface area contributed by atoms with Gasteiger partial charge in [0.1, 0.15) is 5.82 Å². The van der Waals surface area contributed by atoms with Crippen LogP contribution in [0.15, 0.2) is 48.5 Å². The van der Waals surface area contributed by atoms with E-state index in [1.54, 1.807) is 29.2 Å². The summed E-state index contributed by atoms with van der Waals surface area (Å²) in [6.45, 7) is 5.86. The van der Waals surface area contributed by atoms with Gasteiger partial charge in [-0.2, -0.15) is 0 Å². The van der Waals surface area contributed by atoms with Crippen molar-refractivity contribution in [1.82, 2.24) is 9.80 Å². The first-order valence-electron chi connectivity index (χ1n) is 9.09. The molecule has 1 aliphatic heterocycles. The smallest absolute Gasteiger partial charge is 0.260 e. The van der Waals surface area contributed by atoms with Gasteiger partial charge in [0, 0.05) is 31.7 Å². The summed E-state index contributed by atoms with van der Waals surface area (Å²) in [6.07, 6.45) is 0. The second kappa shape index (κ2) is 8.48. The quantitative estimate of drug-likeness (QED) is 0.804. The van der Waals surface area contributed by atoms with E-state index in [1.165, 1.54) is 24.3 Å². The van der Waals surface area contributed by atoms with E-state index in [1.807, 2.05) is 6.92 Å². The highest BCUT2D eigenvalue weighted by molar-refractivity contribution is 5.78. The Balaban J connectivity index is 1.56. The van der Waals surface area contributed by atoms with E-state index in [9.17, 15) is 13.6 Å². The van der Waals surface area contributed by atoms with Crippen molar-refractivity contribution in [2.45, 2.75) is 32.5 Å². The molecule has 1 fully saturated rings. The van der Waals surface area contributed by atoms with Crippen molar-refractivity contribution in [3.63, 3.8) is 0 Å². The highest BCUT2D eigenvalue weighted by Crippen LogP contribution is 2.20. The lowest BCUT2D eigenvalue weighted by Gasteiger charge is -2.44. The number of ether oxygens (including phenoxy) is 1. The molecule has 6 heteroatoms. The Bertz CT molecular complexity index is 782. The van der Waals surface area contributed by atoms with Gasteiger partial charge in [0.05, 0.1) is 0 Å². The van der Waals surface area contributed by atoms with Crippen LogP contribution in [-0.2, 0) is 11.3 Å². The molecule has 1 aliphatic rings. The van der Waals surface area contributed by atoms with Crippen LogP contribution < -0.4 is 4.74 Å². The number of para-hydroxylation sites is 1. The second-order valence-corrected chi connectivity index (χ2v) is 7.02. The Labute approximate surface area is 158 Å². The third kappa shape index (κ3) is 4.83. The topological polar surface area (TPSA) is 32.8 Å². The Morgan fingerprint density at radius 1 is 1.04 bits per heavy atom. The summed E-state index contributed by atoms with van der Waals surface area (Å²) >= 11 is 0. The molecule has 0 spiro atoms. The van der Waals surface area contributed by atoms with Gasteiger partial charge in [0.25, 0.3) is 5.91 Å². The zero-order valence-electron chi connectivity index (χ0n) is 15.6. The number of nitrogens with zero attached hydrogens (tertiary/aromatic N) is 2. The summed E-state index contributed by atoms with van der Waals surface area (Å²) in [4.78, 5) is 16.6. The van der Waals surface area contributed by atoms with Gasteiger partial charge in [-0.1, -0.05) is 24.3 Å². The zero-order chi connectivity index (χ0) is 19.4. The monoisotopic (exact) mass is 374 g/mol. The number of benzene rings is 2. The van der Waals surface area contributed by atoms with Crippen LogP contribution in [0.25, 0.3) is 0 Å². The maximum absolute atomic E-state index is 13.6. The lowest BCUT2D eigenvalue weighted by atomic mass is 10.1. The number of carbonyl (C=O) groups excluding carboxylic acids is 1. The molecular weight excluding hydrogens is 350 g/mol. The molecule has 2 aromatic carbocycles. The lowest BCUT2D eigenvalue weighted by molar-refractivity contribution is -0.139. The van der Waals surface area contributed by atoms with Gasteiger partial charge >= 0.3 is 0 Å². The van der Waals surface area contributed by atoms with Crippen molar-refractivity contribution >= 4 is 5.91 Å². The Hall–Kier alpha value is -2.47. The van der Waals surface area contributed by atoms with Gasteiger partial charge < -0.3 is 9.64 Å². The highest BCUT2D eigenvalue weighted by Gasteiger charge is 2.32. The van der Waals surface area contributed by atoms with Crippen LogP contribution in [-0.4, -0.2) is 47.5 Å². The Kier molecular flexibility index (Phi) is 6.06. The van der Waals surface area contributed by atoms with Crippen molar-refractivity contribution in [3.05, 3.63) is 65.7 Å². The second-order valence-electron chi connectivity index (χ2n) is 7.02. The maximum atomic E-state index is 13.6. The molecule has 0 bridgehead atoms. The molecule has 1 saturated heterocycles. The minimum Gasteiger partial charge on any atom is -0.481 e. The summed E-state index contributed by atoms with van der Waals surface area (Å²) in [7, 11) is 0. The number of hydrogen-bond acceptors (Lipinski definition) is 3. The van der Waals surface area contributed by atoms with Crippen molar-refractivity contribution < 1.29 is 18.3 Å². The van der Waals surface area contributed by atoms with E-state index >= 15 is 0 Å². The van der Waals surface area contributed by atoms with Crippen LogP contribution >= 0.6 is 0 Å². The van der Waals surface area contributed by atoms with Crippen LogP contribution in [0.2, 0.25) is 0 Å². The van der Waals surface area contributed by atoms with E-state index < -0.39 is 5.82 Å². The molecule has 3 rings (SSSR count). The third-order valence-corrected chi connectivity index (χ3v) is 4.92. The SMILES string of the molecule is CC1CN(C(=O)COc2ccccc2F)C(C)CN1Cc1ccc(F)cc1. The average Bonchev–Trinajstić information content (AvgIpc) is 2.65. The fraction of sp³-hybridized carbons (Fsp3) is 0.381. The van der Waals surface area contributed by atoms with Crippen LogP contribution in [0.1, 0.15) is 19.4 Å². The summed E-state index contributed by atoms with van der Waals surface area (Å²) in [5.74, 6) is -0.790. The maximum Gasteiger partial charge on any atom is 0.260 e. The Morgan fingerprint density at radius 2 is 1.74 bits per heavy atom. The average molecular weight is 374 g/mol. The molecule has 2 unspecified atom stereocenters. The van der Waals surface area contributed by atoms with E-state index in [-0.39, 0.29) is 36.2 Å². The lowest BCUT2D eigenvalue weighted by Crippen LogP contribution is -2.58. The number of carbonyl (C=O) groups is 1. The van der Waals surface area contributed by atoms with Crippen molar-refractivity contribution in [2.24, 2.45) is 0 Å². The molecule has 0 aromatic heterocycles. The van der Waals surface area contributed by atoms with Gasteiger partial charge in [-0.3, -0.25) is 9.69 Å². The van der Waals surface area contributed by atoms with Gasteiger partial charge in [0.2, 0.25) is 0 Å². The molecule has 2 atom stereocenters. The molecule has 1 heterocycles. The molecule has 4 nitrogen and oxygen atoms in total. The van der Waals surface area contributed by atoms with Crippen molar-refractivity contribution in [1.29, 1.82) is 0 Å². The number of piperazine rings is 1. The molecule has 27 heavy (non-hydrogen) atoms. The molecule has 0 aliphatic carbocycles. The van der Waals surface area contributed by atoms with E-state index in [0.29, 0.717) is 19.6 Å². The van der Waals surface area contributed by atoms with Gasteiger partial charge in [0.15, 0.2) is 18.2 Å². The van der Waals surface area contributed by atoms with E-state index in [2.05, 4.69) is 11.8 Å². The number of halogens is 2. The first-order chi connectivity index (χ1) is 12.9. The van der Waals surface area contributed by atoms with Crippen LogP contribution in [0.4, 0.5) is 8.78 Å². The third-order valence-electron chi connectivity index (χ3n) is 4.92. The molecule has 144 valence electrons. The van der Waals surface area contributed by atoms with Crippen LogP contribution in [0.3, 0.4) is 0 Å². The summed E-state index contributed by atoms with van der Waals surface area (Å²) in [5.41, 5.74) is 1.04. The fourth-order valence-electron chi connectivity index (χ4n) is 3.37. The van der Waals surface area contributed by atoms with E-state index in [4.69, 9.17) is 4.74 Å². The molecule has 0 radical (unpaired) electrons.